The second-order valence-corrected chi connectivity index (χ2v) is 18.4. The molecule has 2 fully saturated rings. The fourth-order valence-corrected chi connectivity index (χ4v) is 9.23. The van der Waals surface area contributed by atoms with E-state index in [9.17, 15) is 38.7 Å². The van der Waals surface area contributed by atoms with Gasteiger partial charge in [-0.3, -0.25) is 33.8 Å². The van der Waals surface area contributed by atoms with Gasteiger partial charge in [0.25, 0.3) is 0 Å². The number of aromatic nitrogens is 1. The average Bonchev–Trinajstić information content (AvgIpc) is 4.01. The molecule has 5 rings (SSSR count). The van der Waals surface area contributed by atoms with Crippen LogP contribution < -0.4 is 49.5 Å². The largest absolute Gasteiger partial charge is 0.480 e. The van der Waals surface area contributed by atoms with Gasteiger partial charge in [-0.25, -0.2) is 4.79 Å². The Labute approximate surface area is 408 Å². The molecule has 0 unspecified atom stereocenters. The minimum Gasteiger partial charge on any atom is -0.480 e. The predicted octanol–water partition coefficient (Wildman–Crippen LogP) is 0.473. The highest BCUT2D eigenvalue weighted by atomic mass is 32.1. The van der Waals surface area contributed by atoms with Crippen molar-refractivity contribution in [2.75, 3.05) is 25.4 Å². The van der Waals surface area contributed by atoms with Crippen LogP contribution in [0.2, 0.25) is 0 Å². The number of hydrogen-bond donors (Lipinski definition) is 12. The van der Waals surface area contributed by atoms with Gasteiger partial charge in [0.1, 0.15) is 36.3 Å². The number of H-pyrrole nitrogens is 1. The van der Waals surface area contributed by atoms with Gasteiger partial charge in [-0.2, -0.15) is 12.6 Å². The van der Waals surface area contributed by atoms with Gasteiger partial charge >= 0.3 is 5.97 Å². The summed E-state index contributed by atoms with van der Waals surface area (Å²) >= 11 is 4.12. The fourth-order valence-electron chi connectivity index (χ4n) is 9.07. The van der Waals surface area contributed by atoms with E-state index in [0.29, 0.717) is 18.4 Å². The lowest BCUT2D eigenvalue weighted by molar-refractivity contribution is -0.143. The van der Waals surface area contributed by atoms with Crippen LogP contribution in [0.1, 0.15) is 88.2 Å². The van der Waals surface area contributed by atoms with Crippen LogP contribution in [0.5, 0.6) is 0 Å². The normalized spacial score (nSPS) is 17.6. The van der Waals surface area contributed by atoms with E-state index in [4.69, 9.17) is 22.9 Å². The molecule has 15 N–H and O–H groups in total. The van der Waals surface area contributed by atoms with E-state index in [0.717, 1.165) is 48.6 Å². The fraction of sp³-hybridized carbons (Fsp3) is 0.542. The van der Waals surface area contributed by atoms with Crippen molar-refractivity contribution in [3.05, 3.63) is 71.9 Å². The molecular formula is C48H70N12O8S. The SMILES string of the molecule is NCCC[C@H](NC(=O)[C@H](Cc1ccccc1)NC(=O)[C@@H](N)CS)C(=O)N1CCC[C@H]1C(=O)N[C@H](CC1CCCCC1)C(=O)N[C@@H](Cc1c[nH]c2ccccc12)C(=O)N[C@@H](CCCN=C(N)N)C(=O)O. The van der Waals surface area contributed by atoms with E-state index in [1.54, 1.807) is 18.3 Å². The summed E-state index contributed by atoms with van der Waals surface area (Å²) in [4.78, 5) is 105. The van der Waals surface area contributed by atoms with E-state index in [1.165, 1.54) is 4.90 Å². The molecule has 1 saturated carbocycles. The summed E-state index contributed by atoms with van der Waals surface area (Å²) in [7, 11) is 0. The number of aromatic amines is 1. The molecule has 0 spiro atoms. The number of carbonyl (C=O) groups excluding carboxylic acids is 6. The molecule has 1 saturated heterocycles. The number of thiol groups is 1. The summed E-state index contributed by atoms with van der Waals surface area (Å²) in [5, 5.41) is 24.8. The molecule has 20 nitrogen and oxygen atoms in total. The zero-order valence-corrected chi connectivity index (χ0v) is 40.0. The van der Waals surface area contributed by atoms with Crippen LogP contribution in [-0.4, -0.2) is 130 Å². The summed E-state index contributed by atoms with van der Waals surface area (Å²) in [6, 6.07) is 8.63. The highest BCUT2D eigenvalue weighted by Crippen LogP contribution is 2.28. The lowest BCUT2D eigenvalue weighted by Crippen LogP contribution is -2.60. The Kier molecular flexibility index (Phi) is 21.1. The molecule has 6 amide bonds. The third kappa shape index (κ3) is 16.2. The number of carboxylic acids is 1. The molecule has 0 bridgehead atoms. The molecule has 21 heteroatoms. The van der Waals surface area contributed by atoms with E-state index in [1.807, 2.05) is 42.5 Å². The number of aliphatic imine (C=N–C) groups is 1. The van der Waals surface area contributed by atoms with Gasteiger partial charge in [0.05, 0.1) is 6.04 Å². The second kappa shape index (κ2) is 27.1. The summed E-state index contributed by atoms with van der Waals surface area (Å²) in [5.74, 6) is -4.95. The van der Waals surface area contributed by atoms with Gasteiger partial charge in [-0.05, 0) is 74.6 Å². The van der Waals surface area contributed by atoms with E-state index in [-0.39, 0.29) is 82.2 Å². The third-order valence-electron chi connectivity index (χ3n) is 12.8. The molecule has 3 aromatic rings. The number of hydrogen-bond acceptors (Lipinski definition) is 11. The Morgan fingerprint density at radius 3 is 2.04 bits per heavy atom. The van der Waals surface area contributed by atoms with Crippen LogP contribution in [0.15, 0.2) is 65.8 Å². The van der Waals surface area contributed by atoms with Crippen LogP contribution in [0, 0.1) is 5.92 Å². The molecule has 2 aromatic carbocycles. The minimum absolute atomic E-state index is 0.00921. The van der Waals surface area contributed by atoms with Crippen LogP contribution in [-0.2, 0) is 46.4 Å². The van der Waals surface area contributed by atoms with Crippen molar-refractivity contribution in [3.63, 3.8) is 0 Å². The first-order chi connectivity index (χ1) is 33.2. The van der Waals surface area contributed by atoms with E-state index in [2.05, 4.69) is 49.2 Å². The summed E-state index contributed by atoms with van der Waals surface area (Å²) in [5.41, 5.74) is 24.9. The number of carbonyl (C=O) groups is 7. The first kappa shape index (κ1) is 53.8. The molecule has 1 aliphatic heterocycles. The predicted molar refractivity (Wildman–Crippen MR) is 265 cm³/mol. The first-order valence-corrected chi connectivity index (χ1v) is 24.6. The Morgan fingerprint density at radius 1 is 0.739 bits per heavy atom. The molecule has 1 aliphatic carbocycles. The van der Waals surface area contributed by atoms with Gasteiger partial charge in [-0.1, -0.05) is 80.6 Å². The number of para-hydroxylation sites is 1. The van der Waals surface area contributed by atoms with Gasteiger partial charge in [0, 0.05) is 48.8 Å². The Hall–Kier alpha value is -6.19. The maximum Gasteiger partial charge on any atom is 0.326 e. The smallest absolute Gasteiger partial charge is 0.326 e. The monoisotopic (exact) mass is 975 g/mol. The van der Waals surface area contributed by atoms with Crippen molar-refractivity contribution in [1.82, 2.24) is 36.5 Å². The Bertz CT molecular complexity index is 2230. The van der Waals surface area contributed by atoms with Gasteiger partial charge in [0.15, 0.2) is 5.96 Å². The quantitative estimate of drug-likeness (QED) is 0.0226. The van der Waals surface area contributed by atoms with Crippen LogP contribution in [0.3, 0.4) is 0 Å². The van der Waals surface area contributed by atoms with Crippen molar-refractivity contribution in [2.45, 2.75) is 132 Å². The minimum atomic E-state index is -1.32. The topological polar surface area (TPSA) is 335 Å². The van der Waals surface area contributed by atoms with Crippen molar-refractivity contribution in [3.8, 4) is 0 Å². The maximum atomic E-state index is 14.6. The lowest BCUT2D eigenvalue weighted by Gasteiger charge is -2.32. The summed E-state index contributed by atoms with van der Waals surface area (Å²) < 4.78 is 0. The van der Waals surface area contributed by atoms with Crippen molar-refractivity contribution in [2.24, 2.45) is 33.8 Å². The average molecular weight is 975 g/mol. The molecule has 0 radical (unpaired) electrons. The van der Waals surface area contributed by atoms with Crippen molar-refractivity contribution < 1.29 is 38.7 Å². The van der Waals surface area contributed by atoms with Gasteiger partial charge < -0.3 is 64.5 Å². The van der Waals surface area contributed by atoms with Gasteiger partial charge in [0.2, 0.25) is 35.4 Å². The molecule has 2 aliphatic rings. The summed E-state index contributed by atoms with van der Waals surface area (Å²) in [6.45, 7) is 0.572. The number of nitrogens with two attached hydrogens (primary N) is 4. The van der Waals surface area contributed by atoms with Crippen molar-refractivity contribution in [1.29, 1.82) is 0 Å². The van der Waals surface area contributed by atoms with Crippen molar-refractivity contribution >= 4 is 70.9 Å². The number of amides is 6. The van der Waals surface area contributed by atoms with E-state index < -0.39 is 83.7 Å². The molecule has 2 heterocycles. The third-order valence-corrected chi connectivity index (χ3v) is 13.2. The maximum absolute atomic E-state index is 14.6. The van der Waals surface area contributed by atoms with E-state index >= 15 is 0 Å². The number of guanidine groups is 1. The van der Waals surface area contributed by atoms with Crippen LogP contribution in [0.25, 0.3) is 10.9 Å². The highest BCUT2D eigenvalue weighted by Gasteiger charge is 2.40. The second-order valence-electron chi connectivity index (χ2n) is 18.0. The zero-order valence-electron chi connectivity index (χ0n) is 39.1. The number of nitrogens with zero attached hydrogens (tertiary/aromatic N) is 2. The molecular weight excluding hydrogens is 905 g/mol. The number of rotatable bonds is 26. The number of fused-ring (bicyclic) bond motifs is 1. The number of nitrogens with one attached hydrogen (secondary N) is 6. The van der Waals surface area contributed by atoms with Gasteiger partial charge in [-0.15, -0.1) is 0 Å². The zero-order chi connectivity index (χ0) is 49.9. The highest BCUT2D eigenvalue weighted by molar-refractivity contribution is 7.80. The molecule has 376 valence electrons. The molecule has 69 heavy (non-hydrogen) atoms. The summed E-state index contributed by atoms with van der Waals surface area (Å²) in [6.07, 6.45) is 8.27. The van der Waals surface area contributed by atoms with Crippen LogP contribution >= 0.6 is 12.6 Å². The number of aliphatic carboxylic acids is 1. The number of likely N-dealkylation sites (tertiary alicyclic amines) is 1. The van der Waals surface area contributed by atoms with Crippen LogP contribution in [0.4, 0.5) is 0 Å². The lowest BCUT2D eigenvalue weighted by atomic mass is 9.84. The molecule has 1 aromatic heterocycles. The molecule has 7 atom stereocenters. The standard InChI is InChI=1S/C48H70N12O8S/c49-21-9-18-35(55-42(62)37(57-41(61)33(50)28-69)24-29-12-3-1-4-13-29)46(66)60-23-11-20-40(60)45(65)59-38(25-30-14-5-2-6-15-30)43(63)58-39(26-31-27-54-34-17-8-7-16-32(31)34)44(64)56-36(47(67)68)19-10-22-53-48(51)52/h1,3-4,7-8,12-13,16-17,27,30,33,35-40,54,69H,2,5-6,9-11,14-15,18-26,28,49-50H2,(H,55,62)(H,56,64)(H,57,61)(H,58,63)(H,59,65)(H,67,68)(H4,51,52,53)/t33-,35-,36-,37-,38+,39-,40-/m0/s1. The Balaban J connectivity index is 1.37. The Morgan fingerprint density at radius 2 is 1.36 bits per heavy atom. The first-order valence-electron chi connectivity index (χ1n) is 23.9. The number of carboxylic acid groups (broad SMARTS) is 1. The number of benzene rings is 2.